The maximum Gasteiger partial charge on any atom is 0.433 e. The number of amides is 1. The van der Waals surface area contributed by atoms with Crippen LogP contribution >= 0.6 is 0 Å². The van der Waals surface area contributed by atoms with E-state index in [1.165, 1.54) is 30.3 Å². The molecule has 0 atom stereocenters. The molecular weight excluding hydrogens is 370 g/mol. The molecule has 1 amide bonds. The minimum absolute atomic E-state index is 0.124. The van der Waals surface area contributed by atoms with Crippen LogP contribution in [0.1, 0.15) is 32.6 Å². The summed E-state index contributed by atoms with van der Waals surface area (Å²) >= 11 is 0. The van der Waals surface area contributed by atoms with Crippen molar-refractivity contribution < 1.29 is 9.63 Å². The van der Waals surface area contributed by atoms with Gasteiger partial charge in [0.15, 0.2) is 0 Å². The number of aromatic nitrogens is 2. The van der Waals surface area contributed by atoms with Crippen molar-refractivity contribution in [1.29, 1.82) is 0 Å². The Morgan fingerprint density at radius 2 is 1.86 bits per heavy atom. The smallest absolute Gasteiger partial charge is 0.355 e. The summed E-state index contributed by atoms with van der Waals surface area (Å²) in [5, 5.41) is 7.19. The van der Waals surface area contributed by atoms with Crippen LogP contribution in [-0.4, -0.2) is 35.3 Å². The highest BCUT2D eigenvalue weighted by atomic mass is 16.7. The van der Waals surface area contributed by atoms with Crippen LogP contribution in [0.4, 0.5) is 10.6 Å². The zero-order chi connectivity index (χ0) is 20.4. The van der Waals surface area contributed by atoms with Gasteiger partial charge in [-0.15, -0.1) is 0 Å². The number of hydrogen-bond acceptors (Lipinski definition) is 6. The first-order valence-corrected chi connectivity index (χ1v) is 10.3. The van der Waals surface area contributed by atoms with Crippen LogP contribution in [-0.2, 0) is 11.9 Å². The molecule has 1 aromatic carbocycles. The summed E-state index contributed by atoms with van der Waals surface area (Å²) in [6.07, 6.45) is 4.28. The first kappa shape index (κ1) is 19.4. The van der Waals surface area contributed by atoms with E-state index >= 15 is 0 Å². The van der Waals surface area contributed by atoms with Gasteiger partial charge >= 0.3 is 6.09 Å². The minimum atomic E-state index is -0.707. The summed E-state index contributed by atoms with van der Waals surface area (Å²) in [6, 6.07) is 7.74. The van der Waals surface area contributed by atoms with E-state index < -0.39 is 11.7 Å². The molecule has 1 aromatic heterocycles. The molecule has 2 aliphatic heterocycles. The van der Waals surface area contributed by atoms with Crippen molar-refractivity contribution in [3.63, 3.8) is 0 Å². The van der Waals surface area contributed by atoms with Crippen molar-refractivity contribution in [3.05, 3.63) is 40.1 Å². The summed E-state index contributed by atoms with van der Waals surface area (Å²) in [6.45, 7) is 4.03. The van der Waals surface area contributed by atoms with Crippen molar-refractivity contribution in [2.45, 2.75) is 32.6 Å². The number of fused-ring (bicyclic) bond motifs is 5. The molecule has 29 heavy (non-hydrogen) atoms. The fraction of sp³-hybridized carbons (Fsp3) is 0.524. The van der Waals surface area contributed by atoms with Crippen LogP contribution in [0.15, 0.2) is 34.2 Å². The highest BCUT2D eigenvalue weighted by Crippen LogP contribution is 2.36. The lowest BCUT2D eigenvalue weighted by atomic mass is 9.84. The molecule has 3 aliphatic rings. The fourth-order valence-corrected chi connectivity index (χ4v) is 4.45. The fourth-order valence-electron chi connectivity index (χ4n) is 4.45. The number of aryl methyl sites for hydroxylation is 1. The van der Waals surface area contributed by atoms with Crippen LogP contribution in [0.5, 0.6) is 0 Å². The van der Waals surface area contributed by atoms with Crippen LogP contribution in [0.25, 0.3) is 10.9 Å². The Hall–Kier alpha value is -2.90. The second-order valence-electron chi connectivity index (χ2n) is 7.93. The number of carbonyl (C=O) groups excluding carboxylic acids is 1. The Bertz CT molecular complexity index is 1030. The monoisotopic (exact) mass is 397 g/mol. The summed E-state index contributed by atoms with van der Waals surface area (Å²) in [4.78, 5) is 36.5. The van der Waals surface area contributed by atoms with Crippen LogP contribution in [0.2, 0.25) is 0 Å². The van der Waals surface area contributed by atoms with Crippen molar-refractivity contribution in [3.8, 4) is 0 Å². The van der Waals surface area contributed by atoms with Gasteiger partial charge in [-0.05, 0) is 61.7 Å². The van der Waals surface area contributed by atoms with E-state index in [0.29, 0.717) is 18.4 Å². The molecule has 5 rings (SSSR count). The van der Waals surface area contributed by atoms with Crippen LogP contribution in [0.3, 0.4) is 0 Å². The van der Waals surface area contributed by atoms with Gasteiger partial charge in [-0.1, -0.05) is 12.1 Å². The van der Waals surface area contributed by atoms with Gasteiger partial charge in [0, 0.05) is 32.1 Å². The lowest BCUT2D eigenvalue weighted by Crippen LogP contribution is -2.36. The summed E-state index contributed by atoms with van der Waals surface area (Å²) in [5.41, 5.74) is 0.243. The van der Waals surface area contributed by atoms with Crippen molar-refractivity contribution in [2.24, 2.45) is 24.0 Å². The maximum atomic E-state index is 13.0. The van der Waals surface area contributed by atoms with Crippen LogP contribution in [0, 0.1) is 11.8 Å². The van der Waals surface area contributed by atoms with Crippen molar-refractivity contribution in [1.82, 2.24) is 14.9 Å². The lowest BCUT2D eigenvalue weighted by Gasteiger charge is -2.24. The van der Waals surface area contributed by atoms with E-state index in [1.54, 1.807) is 14.0 Å². The number of hydrogen-bond donors (Lipinski definition) is 1. The first-order valence-electron chi connectivity index (χ1n) is 10.3. The topological polar surface area (TPSA) is 88.8 Å². The lowest BCUT2D eigenvalue weighted by molar-refractivity contribution is 0.145. The summed E-state index contributed by atoms with van der Waals surface area (Å²) in [5.74, 6) is 2.02. The maximum absolute atomic E-state index is 13.0. The molecule has 0 unspecified atom stereocenters. The zero-order valence-electron chi connectivity index (χ0n) is 16.9. The molecule has 0 radical (unpaired) electrons. The largest absolute Gasteiger partial charge is 0.433 e. The number of carbonyl (C=O) groups is 1. The van der Waals surface area contributed by atoms with E-state index in [-0.39, 0.29) is 5.49 Å². The van der Waals surface area contributed by atoms with E-state index in [9.17, 15) is 9.59 Å². The third-order valence-electron chi connectivity index (χ3n) is 5.97. The number of rotatable bonds is 3. The average Bonchev–Trinajstić information content (AvgIpc) is 3.10. The number of nitrogens with one attached hydrogen (secondary N) is 1. The normalized spacial score (nSPS) is 21.9. The van der Waals surface area contributed by atoms with Gasteiger partial charge in [-0.2, -0.15) is 0 Å². The molecule has 1 aliphatic carbocycles. The van der Waals surface area contributed by atoms with Gasteiger partial charge in [0.2, 0.25) is 0 Å². The molecule has 3 fully saturated rings. The molecular formula is C21H27N5O3. The van der Waals surface area contributed by atoms with Gasteiger partial charge in [0.25, 0.3) is 11.0 Å². The van der Waals surface area contributed by atoms with Crippen molar-refractivity contribution >= 4 is 22.8 Å². The van der Waals surface area contributed by atoms with Gasteiger partial charge in [0.05, 0.1) is 5.52 Å². The Labute approximate surface area is 169 Å². The predicted molar refractivity (Wildman–Crippen MR) is 110 cm³/mol. The Balaban J connectivity index is 1.89. The van der Waals surface area contributed by atoms with Crippen LogP contribution < -0.4 is 21.3 Å². The molecule has 3 heterocycles. The number of benzene rings is 1. The van der Waals surface area contributed by atoms with E-state index in [4.69, 9.17) is 4.84 Å². The molecule has 8 nitrogen and oxygen atoms in total. The second-order valence-corrected chi connectivity index (χ2v) is 7.93. The average molecular weight is 397 g/mol. The third kappa shape index (κ3) is 3.97. The van der Waals surface area contributed by atoms with Gasteiger partial charge in [-0.25, -0.2) is 9.78 Å². The molecule has 2 aromatic rings. The molecule has 0 spiro atoms. The molecule has 2 bridgehead atoms. The zero-order valence-corrected chi connectivity index (χ0v) is 16.9. The quantitative estimate of drug-likeness (QED) is 0.633. The molecule has 1 saturated carbocycles. The number of nitrogens with zero attached hydrogens (tertiary/aromatic N) is 4. The highest BCUT2D eigenvalue weighted by molar-refractivity contribution is 5.89. The predicted octanol–water partition coefficient (Wildman–Crippen LogP) is 2.12. The SMILES string of the molecule is CCNC(=O)ON=c1nc(N2CC3CCC(CC3)C2)c2ccccc2n(C)c1=O. The Kier molecular flexibility index (Phi) is 5.51. The Morgan fingerprint density at radius 3 is 2.52 bits per heavy atom. The highest BCUT2D eigenvalue weighted by Gasteiger charge is 2.30. The standard InChI is InChI=1S/C21H27N5O3/c1-3-22-21(28)29-24-18-20(27)25(2)17-7-5-4-6-16(17)19(23-18)26-12-14-8-9-15(13-26)11-10-14/h4-7,14-15H,3,8-13H2,1-2H3,(H,22,28). The van der Waals surface area contributed by atoms with Crippen molar-refractivity contribution in [2.75, 3.05) is 24.5 Å². The van der Waals surface area contributed by atoms with E-state index in [1.807, 2.05) is 24.3 Å². The summed E-state index contributed by atoms with van der Waals surface area (Å²) in [7, 11) is 1.69. The second kappa shape index (κ2) is 8.23. The molecule has 2 saturated heterocycles. The van der Waals surface area contributed by atoms with E-state index in [0.717, 1.165) is 29.8 Å². The number of para-hydroxylation sites is 1. The third-order valence-corrected chi connectivity index (χ3v) is 5.97. The first-order chi connectivity index (χ1) is 14.1. The molecule has 8 heteroatoms. The Morgan fingerprint density at radius 1 is 1.21 bits per heavy atom. The van der Waals surface area contributed by atoms with Gasteiger partial charge in [0.1, 0.15) is 5.82 Å². The summed E-state index contributed by atoms with van der Waals surface area (Å²) < 4.78 is 1.51. The minimum Gasteiger partial charge on any atom is -0.355 e. The molecule has 1 N–H and O–H groups in total. The molecule has 154 valence electrons. The van der Waals surface area contributed by atoms with Gasteiger partial charge < -0.3 is 14.8 Å². The van der Waals surface area contributed by atoms with Gasteiger partial charge in [-0.3, -0.25) is 9.63 Å². The van der Waals surface area contributed by atoms with E-state index in [2.05, 4.69) is 20.4 Å². The number of anilines is 1.